The number of aromatic nitrogens is 4. The van der Waals surface area contributed by atoms with Crippen molar-refractivity contribution in [2.45, 2.75) is 0 Å². The van der Waals surface area contributed by atoms with E-state index in [0.717, 1.165) is 0 Å². The molecular weight excluding hydrogens is 172 g/mol. The quantitative estimate of drug-likeness (QED) is 0.571. The first-order chi connectivity index (χ1) is 6.33. The summed E-state index contributed by atoms with van der Waals surface area (Å²) in [6.07, 6.45) is 1.65. The molecule has 2 rings (SSSR count). The van der Waals surface area contributed by atoms with E-state index >= 15 is 0 Å². The van der Waals surface area contributed by atoms with Gasteiger partial charge in [-0.1, -0.05) is 0 Å². The van der Waals surface area contributed by atoms with Gasteiger partial charge >= 0.3 is 5.97 Å². The van der Waals surface area contributed by atoms with E-state index in [-0.39, 0.29) is 0 Å². The van der Waals surface area contributed by atoms with Crippen LogP contribution in [0.3, 0.4) is 0 Å². The summed E-state index contributed by atoms with van der Waals surface area (Å²) < 4.78 is 5.97. The standard InChI is InChI=1S/C7H6N4O2/c1-13-7(12)5-3-2-4-11-6(5)8-9-10-11/h2-4H,1H3. The molecule has 2 heterocycles. The SMILES string of the molecule is COC(=O)c1cccn2nnnc12. The predicted octanol–water partition coefficient (Wildman–Crippen LogP) is -0.0891. The molecule has 6 heteroatoms. The van der Waals surface area contributed by atoms with E-state index in [0.29, 0.717) is 11.2 Å². The van der Waals surface area contributed by atoms with Crippen LogP contribution in [0.1, 0.15) is 10.4 Å². The molecule has 6 nitrogen and oxygen atoms in total. The summed E-state index contributed by atoms with van der Waals surface area (Å²) >= 11 is 0. The highest BCUT2D eigenvalue weighted by Gasteiger charge is 2.11. The highest BCUT2D eigenvalue weighted by atomic mass is 16.5. The Morgan fingerprint density at radius 2 is 2.46 bits per heavy atom. The van der Waals surface area contributed by atoms with Crippen LogP contribution in [0.5, 0.6) is 0 Å². The van der Waals surface area contributed by atoms with Crippen molar-refractivity contribution < 1.29 is 9.53 Å². The zero-order valence-electron chi connectivity index (χ0n) is 6.84. The maximum absolute atomic E-state index is 11.2. The number of tetrazole rings is 1. The van der Waals surface area contributed by atoms with E-state index in [9.17, 15) is 4.79 Å². The summed E-state index contributed by atoms with van der Waals surface area (Å²) in [6, 6.07) is 3.28. The highest BCUT2D eigenvalue weighted by molar-refractivity contribution is 5.95. The maximum Gasteiger partial charge on any atom is 0.341 e. The van der Waals surface area contributed by atoms with Crippen molar-refractivity contribution >= 4 is 11.6 Å². The number of esters is 1. The molecule has 0 N–H and O–H groups in total. The number of carbonyl (C=O) groups excluding carboxylic acids is 1. The van der Waals surface area contributed by atoms with Crippen LogP contribution in [-0.4, -0.2) is 33.1 Å². The Bertz CT molecular complexity index is 450. The van der Waals surface area contributed by atoms with Crippen LogP contribution in [0.15, 0.2) is 18.3 Å². The van der Waals surface area contributed by atoms with Crippen molar-refractivity contribution in [2.24, 2.45) is 0 Å². The van der Waals surface area contributed by atoms with Crippen LogP contribution >= 0.6 is 0 Å². The van der Waals surface area contributed by atoms with Gasteiger partial charge in [0.1, 0.15) is 5.56 Å². The molecule has 0 aliphatic rings. The number of pyridine rings is 1. The predicted molar refractivity (Wildman–Crippen MR) is 42.1 cm³/mol. The lowest BCUT2D eigenvalue weighted by Crippen LogP contribution is -2.04. The smallest absolute Gasteiger partial charge is 0.341 e. The van der Waals surface area contributed by atoms with Crippen molar-refractivity contribution in [3.8, 4) is 0 Å². The molecule has 0 spiro atoms. The molecule has 66 valence electrons. The lowest BCUT2D eigenvalue weighted by Gasteiger charge is -1.98. The largest absolute Gasteiger partial charge is 0.465 e. The molecule has 0 aromatic carbocycles. The first-order valence-electron chi connectivity index (χ1n) is 3.58. The van der Waals surface area contributed by atoms with Gasteiger partial charge in [0.15, 0.2) is 5.65 Å². The Balaban J connectivity index is 2.67. The maximum atomic E-state index is 11.2. The molecule has 0 unspecified atom stereocenters. The molecule has 0 amide bonds. The van der Waals surface area contributed by atoms with Crippen LogP contribution in [0.2, 0.25) is 0 Å². The zero-order chi connectivity index (χ0) is 9.26. The summed E-state index contributed by atoms with van der Waals surface area (Å²) in [5, 5.41) is 10.8. The molecule has 2 aromatic heterocycles. The Hall–Kier alpha value is -1.98. The topological polar surface area (TPSA) is 69.4 Å². The fraction of sp³-hybridized carbons (Fsp3) is 0.143. The highest BCUT2D eigenvalue weighted by Crippen LogP contribution is 2.06. The van der Waals surface area contributed by atoms with Crippen LogP contribution in [0.25, 0.3) is 5.65 Å². The normalized spacial score (nSPS) is 10.2. The van der Waals surface area contributed by atoms with Crippen molar-refractivity contribution in [3.05, 3.63) is 23.9 Å². The number of carbonyl (C=O) groups is 1. The monoisotopic (exact) mass is 178 g/mol. The second-order valence-corrected chi connectivity index (χ2v) is 2.36. The van der Waals surface area contributed by atoms with E-state index in [1.165, 1.54) is 11.6 Å². The third kappa shape index (κ3) is 1.12. The third-order valence-electron chi connectivity index (χ3n) is 1.63. The molecule has 0 atom stereocenters. The first-order valence-corrected chi connectivity index (χ1v) is 3.58. The van der Waals surface area contributed by atoms with Crippen LogP contribution in [0.4, 0.5) is 0 Å². The molecule has 0 radical (unpaired) electrons. The summed E-state index contributed by atoms with van der Waals surface area (Å²) in [5.41, 5.74) is 0.754. The van der Waals surface area contributed by atoms with Gasteiger partial charge in [0.05, 0.1) is 7.11 Å². The molecule has 13 heavy (non-hydrogen) atoms. The van der Waals surface area contributed by atoms with E-state index in [1.807, 2.05) is 0 Å². The Morgan fingerprint density at radius 1 is 1.62 bits per heavy atom. The van der Waals surface area contributed by atoms with E-state index in [1.54, 1.807) is 18.3 Å². The molecular formula is C7H6N4O2. The van der Waals surface area contributed by atoms with Gasteiger partial charge in [0.2, 0.25) is 0 Å². The minimum Gasteiger partial charge on any atom is -0.465 e. The number of rotatable bonds is 1. The Morgan fingerprint density at radius 3 is 3.23 bits per heavy atom. The van der Waals surface area contributed by atoms with Crippen molar-refractivity contribution in [1.29, 1.82) is 0 Å². The van der Waals surface area contributed by atoms with Crippen LogP contribution in [0, 0.1) is 0 Å². The van der Waals surface area contributed by atoms with Crippen molar-refractivity contribution in [3.63, 3.8) is 0 Å². The molecule has 0 saturated heterocycles. The number of hydrogen-bond acceptors (Lipinski definition) is 5. The third-order valence-corrected chi connectivity index (χ3v) is 1.63. The second-order valence-electron chi connectivity index (χ2n) is 2.36. The van der Waals surface area contributed by atoms with Gasteiger partial charge in [0.25, 0.3) is 0 Å². The summed E-state index contributed by atoms with van der Waals surface area (Å²) in [4.78, 5) is 11.2. The number of fused-ring (bicyclic) bond motifs is 1. The van der Waals surface area contributed by atoms with Gasteiger partial charge in [-0.05, 0) is 22.6 Å². The van der Waals surface area contributed by atoms with Gasteiger partial charge in [-0.15, -0.1) is 5.10 Å². The van der Waals surface area contributed by atoms with E-state index < -0.39 is 5.97 Å². The second kappa shape index (κ2) is 2.81. The molecule has 2 aromatic rings. The fourth-order valence-corrected chi connectivity index (χ4v) is 1.04. The molecule has 0 aliphatic carbocycles. The Labute approximate surface area is 73.1 Å². The van der Waals surface area contributed by atoms with Crippen molar-refractivity contribution in [1.82, 2.24) is 20.0 Å². The minimum atomic E-state index is -0.444. The molecule has 0 saturated carbocycles. The number of ether oxygens (including phenoxy) is 1. The first kappa shape index (κ1) is 7.66. The van der Waals surface area contributed by atoms with Gasteiger partial charge < -0.3 is 4.74 Å². The number of nitrogens with zero attached hydrogens (tertiary/aromatic N) is 4. The van der Waals surface area contributed by atoms with Gasteiger partial charge in [-0.25, -0.2) is 4.79 Å². The Kier molecular flexibility index (Phi) is 1.66. The minimum absolute atomic E-state index is 0.356. The van der Waals surface area contributed by atoms with Gasteiger partial charge in [0, 0.05) is 6.20 Å². The fourth-order valence-electron chi connectivity index (χ4n) is 1.04. The molecule has 0 bridgehead atoms. The summed E-state index contributed by atoms with van der Waals surface area (Å²) in [7, 11) is 1.32. The van der Waals surface area contributed by atoms with E-state index in [2.05, 4.69) is 20.3 Å². The lowest BCUT2D eigenvalue weighted by atomic mass is 10.3. The van der Waals surface area contributed by atoms with Crippen molar-refractivity contribution in [2.75, 3.05) is 7.11 Å². The average Bonchev–Trinajstić information content (AvgIpc) is 2.63. The van der Waals surface area contributed by atoms with E-state index in [4.69, 9.17) is 0 Å². The van der Waals surface area contributed by atoms with Gasteiger partial charge in [-0.3, -0.25) is 0 Å². The summed E-state index contributed by atoms with van der Waals surface area (Å²) in [5.74, 6) is -0.444. The summed E-state index contributed by atoms with van der Waals surface area (Å²) in [6.45, 7) is 0. The molecule has 0 aliphatic heterocycles. The zero-order valence-corrected chi connectivity index (χ0v) is 6.84. The number of hydrogen-bond donors (Lipinski definition) is 0. The molecule has 0 fully saturated rings. The number of methoxy groups -OCH3 is 1. The average molecular weight is 178 g/mol. The van der Waals surface area contributed by atoms with Crippen LogP contribution < -0.4 is 0 Å². The van der Waals surface area contributed by atoms with Gasteiger partial charge in [-0.2, -0.15) is 4.52 Å². The van der Waals surface area contributed by atoms with Crippen LogP contribution in [-0.2, 0) is 4.74 Å². The lowest BCUT2D eigenvalue weighted by molar-refractivity contribution is 0.0602.